The number of hydrogen-bond donors (Lipinski definition) is 2. The molecule has 0 aliphatic carbocycles. The van der Waals surface area contributed by atoms with Gasteiger partial charge in [0.15, 0.2) is 0 Å². The summed E-state index contributed by atoms with van der Waals surface area (Å²) in [6.45, 7) is 3.91. The van der Waals surface area contributed by atoms with Crippen molar-refractivity contribution in [3.05, 3.63) is 22.4 Å². The van der Waals surface area contributed by atoms with Gasteiger partial charge in [0.2, 0.25) is 0 Å². The lowest BCUT2D eigenvalue weighted by molar-refractivity contribution is 0.0252. The van der Waals surface area contributed by atoms with Crippen LogP contribution in [0.3, 0.4) is 0 Å². The van der Waals surface area contributed by atoms with E-state index in [1.807, 2.05) is 0 Å². The second-order valence-electron chi connectivity index (χ2n) is 4.64. The van der Waals surface area contributed by atoms with Crippen molar-refractivity contribution in [2.24, 2.45) is 0 Å². The van der Waals surface area contributed by atoms with Crippen molar-refractivity contribution >= 4 is 11.3 Å². The van der Waals surface area contributed by atoms with E-state index >= 15 is 0 Å². The van der Waals surface area contributed by atoms with Crippen LogP contribution in [-0.2, 0) is 11.2 Å². The Morgan fingerprint density at radius 3 is 3.19 bits per heavy atom. The zero-order valence-corrected chi connectivity index (χ0v) is 10.4. The van der Waals surface area contributed by atoms with Crippen LogP contribution in [0.15, 0.2) is 16.8 Å². The lowest BCUT2D eigenvalue weighted by atomic mass is 10.0. The van der Waals surface area contributed by atoms with Crippen LogP contribution in [0.1, 0.15) is 18.9 Å². The Balaban J connectivity index is 1.73. The summed E-state index contributed by atoms with van der Waals surface area (Å²) in [6, 6.07) is 2.54. The van der Waals surface area contributed by atoms with Gasteiger partial charge in [0.1, 0.15) is 5.60 Å². The van der Waals surface area contributed by atoms with Crippen LogP contribution in [0.2, 0.25) is 0 Å². The second kappa shape index (κ2) is 5.27. The first kappa shape index (κ1) is 12.0. The lowest BCUT2D eigenvalue weighted by Crippen LogP contribution is -2.44. The zero-order chi connectivity index (χ0) is 11.4. The maximum Gasteiger partial charge on any atom is 0.102 e. The van der Waals surface area contributed by atoms with Gasteiger partial charge in [0.05, 0.1) is 6.61 Å². The van der Waals surface area contributed by atoms with E-state index in [0.717, 1.165) is 12.8 Å². The molecule has 1 saturated heterocycles. The molecule has 2 rings (SSSR count). The van der Waals surface area contributed by atoms with Crippen molar-refractivity contribution in [2.75, 3.05) is 19.8 Å². The molecule has 90 valence electrons. The normalized spacial score (nSPS) is 27.1. The van der Waals surface area contributed by atoms with Crippen molar-refractivity contribution in [3.8, 4) is 0 Å². The topological polar surface area (TPSA) is 41.5 Å². The van der Waals surface area contributed by atoms with E-state index < -0.39 is 5.60 Å². The molecular weight excluding hydrogens is 222 g/mol. The summed E-state index contributed by atoms with van der Waals surface area (Å²) in [5.74, 6) is 0. The molecule has 2 unspecified atom stereocenters. The van der Waals surface area contributed by atoms with Crippen molar-refractivity contribution < 1.29 is 9.84 Å². The zero-order valence-electron chi connectivity index (χ0n) is 9.61. The fraction of sp³-hybridized carbons (Fsp3) is 0.667. The molecule has 0 spiro atoms. The van der Waals surface area contributed by atoms with Crippen LogP contribution in [0.25, 0.3) is 0 Å². The highest BCUT2D eigenvalue weighted by Gasteiger charge is 2.32. The summed E-state index contributed by atoms with van der Waals surface area (Å²) in [5.41, 5.74) is 0.711. The maximum absolute atomic E-state index is 10.1. The Bertz CT molecular complexity index is 307. The predicted octanol–water partition coefficient (Wildman–Crippen LogP) is 1.42. The summed E-state index contributed by atoms with van der Waals surface area (Å²) >= 11 is 1.73. The molecule has 4 heteroatoms. The van der Waals surface area contributed by atoms with Crippen LogP contribution in [-0.4, -0.2) is 36.5 Å². The summed E-state index contributed by atoms with van der Waals surface area (Å²) in [6.07, 6.45) is 1.76. The van der Waals surface area contributed by atoms with Gasteiger partial charge in [0, 0.05) is 25.6 Å². The Morgan fingerprint density at radius 2 is 2.56 bits per heavy atom. The third-order valence-corrected chi connectivity index (χ3v) is 3.72. The van der Waals surface area contributed by atoms with E-state index in [9.17, 15) is 5.11 Å². The summed E-state index contributed by atoms with van der Waals surface area (Å²) in [4.78, 5) is 0. The van der Waals surface area contributed by atoms with Crippen LogP contribution in [0.4, 0.5) is 0 Å². The minimum atomic E-state index is -0.650. The Labute approximate surface area is 100 Å². The highest BCUT2D eigenvalue weighted by molar-refractivity contribution is 7.07. The number of nitrogens with one attached hydrogen (secondary N) is 1. The second-order valence-corrected chi connectivity index (χ2v) is 5.42. The van der Waals surface area contributed by atoms with Gasteiger partial charge in [-0.3, -0.25) is 0 Å². The smallest absolute Gasteiger partial charge is 0.102 e. The van der Waals surface area contributed by atoms with E-state index in [-0.39, 0.29) is 0 Å². The fourth-order valence-electron chi connectivity index (χ4n) is 1.93. The number of ether oxygens (including phenoxy) is 1. The molecule has 1 aromatic heterocycles. The van der Waals surface area contributed by atoms with Gasteiger partial charge in [-0.1, -0.05) is 0 Å². The van der Waals surface area contributed by atoms with Crippen molar-refractivity contribution in [3.63, 3.8) is 0 Å². The number of thiophene rings is 1. The summed E-state index contributed by atoms with van der Waals surface area (Å²) < 4.78 is 5.21. The molecule has 3 nitrogen and oxygen atoms in total. The average molecular weight is 241 g/mol. The van der Waals surface area contributed by atoms with Crippen LogP contribution < -0.4 is 5.32 Å². The van der Waals surface area contributed by atoms with Gasteiger partial charge in [0.25, 0.3) is 0 Å². The molecule has 1 aliphatic heterocycles. The van der Waals surface area contributed by atoms with Crippen molar-refractivity contribution in [2.45, 2.75) is 31.4 Å². The largest absolute Gasteiger partial charge is 0.386 e. The van der Waals surface area contributed by atoms with Crippen LogP contribution in [0.5, 0.6) is 0 Å². The molecule has 0 amide bonds. The highest BCUT2D eigenvalue weighted by Crippen LogP contribution is 2.17. The Morgan fingerprint density at radius 1 is 1.69 bits per heavy atom. The van der Waals surface area contributed by atoms with Gasteiger partial charge in [-0.2, -0.15) is 11.3 Å². The molecular formula is C12H19NO2S. The van der Waals surface area contributed by atoms with E-state index in [4.69, 9.17) is 4.74 Å². The average Bonchev–Trinajstić information content (AvgIpc) is 2.88. The van der Waals surface area contributed by atoms with Crippen molar-refractivity contribution in [1.29, 1.82) is 0 Å². The third-order valence-electron chi connectivity index (χ3n) is 2.98. The molecule has 2 heterocycles. The quantitative estimate of drug-likeness (QED) is 0.819. The van der Waals surface area contributed by atoms with E-state index in [1.165, 1.54) is 5.56 Å². The lowest BCUT2D eigenvalue weighted by Gasteiger charge is -2.23. The molecule has 0 bridgehead atoms. The number of aliphatic hydroxyl groups is 1. The minimum absolute atomic E-state index is 0.388. The molecule has 1 fully saturated rings. The monoisotopic (exact) mass is 241 g/mol. The van der Waals surface area contributed by atoms with E-state index in [1.54, 1.807) is 11.3 Å². The number of rotatable bonds is 5. The number of hydrogen-bond acceptors (Lipinski definition) is 4. The standard InChI is InChI=1S/C12H19NO2S/c1-10(6-11-2-5-16-7-11)13-8-12(14)3-4-15-9-12/h2,5,7,10,13-14H,3-4,6,8-9H2,1H3. The third kappa shape index (κ3) is 3.28. The summed E-state index contributed by atoms with van der Waals surface area (Å²) in [5, 5.41) is 17.7. The van der Waals surface area contributed by atoms with E-state index in [0.29, 0.717) is 25.8 Å². The molecule has 1 aliphatic rings. The molecule has 16 heavy (non-hydrogen) atoms. The molecule has 0 saturated carbocycles. The SMILES string of the molecule is CC(Cc1ccsc1)NCC1(O)CCOC1. The van der Waals surface area contributed by atoms with Gasteiger partial charge >= 0.3 is 0 Å². The fourth-order valence-corrected chi connectivity index (χ4v) is 2.62. The first-order valence-electron chi connectivity index (χ1n) is 5.73. The van der Waals surface area contributed by atoms with Gasteiger partial charge in [-0.05, 0) is 35.7 Å². The van der Waals surface area contributed by atoms with E-state index in [2.05, 4.69) is 29.1 Å². The van der Waals surface area contributed by atoms with Crippen LogP contribution in [0, 0.1) is 0 Å². The van der Waals surface area contributed by atoms with Gasteiger partial charge in [-0.25, -0.2) is 0 Å². The van der Waals surface area contributed by atoms with Gasteiger partial charge < -0.3 is 15.2 Å². The first-order valence-corrected chi connectivity index (χ1v) is 6.67. The Hall–Kier alpha value is -0.420. The van der Waals surface area contributed by atoms with Crippen LogP contribution >= 0.6 is 11.3 Å². The molecule has 1 aromatic rings. The highest BCUT2D eigenvalue weighted by atomic mass is 32.1. The predicted molar refractivity (Wildman–Crippen MR) is 65.9 cm³/mol. The first-order chi connectivity index (χ1) is 7.68. The molecule has 0 radical (unpaired) electrons. The Kier molecular flexibility index (Phi) is 3.97. The van der Waals surface area contributed by atoms with Gasteiger partial charge in [-0.15, -0.1) is 0 Å². The maximum atomic E-state index is 10.1. The summed E-state index contributed by atoms with van der Waals surface area (Å²) in [7, 11) is 0. The molecule has 0 aromatic carbocycles. The minimum Gasteiger partial charge on any atom is -0.386 e. The van der Waals surface area contributed by atoms with Crippen molar-refractivity contribution in [1.82, 2.24) is 5.32 Å². The molecule has 2 atom stereocenters. The molecule has 2 N–H and O–H groups in total.